The molecule has 1 aromatic heterocycles. The third kappa shape index (κ3) is 3.29. The number of aromatic nitrogens is 2. The number of amides is 1. The molecule has 116 valence electrons. The van der Waals surface area contributed by atoms with E-state index in [9.17, 15) is 19.3 Å². The monoisotopic (exact) mass is 300 g/mol. The molecule has 0 atom stereocenters. The maximum Gasteiger partial charge on any atom is 0.410 e. The van der Waals surface area contributed by atoms with Gasteiger partial charge in [-0.15, -0.1) is 0 Å². The Balaban J connectivity index is 2.10. The van der Waals surface area contributed by atoms with Crippen molar-refractivity contribution in [1.29, 1.82) is 0 Å². The van der Waals surface area contributed by atoms with Gasteiger partial charge in [-0.25, -0.2) is 9.18 Å². The molecular formula is C12H17FN4O4. The zero-order valence-corrected chi connectivity index (χ0v) is 12.1. The summed E-state index contributed by atoms with van der Waals surface area (Å²) in [5.41, 5.74) is -1.67. The fraction of sp³-hybridized carbons (Fsp3) is 0.667. The topological polar surface area (TPSA) is 90.5 Å². The summed E-state index contributed by atoms with van der Waals surface area (Å²) in [5, 5.41) is 14.6. The quantitative estimate of drug-likeness (QED) is 0.619. The van der Waals surface area contributed by atoms with Crippen molar-refractivity contribution in [3.05, 3.63) is 28.3 Å². The molecule has 0 aromatic carbocycles. The average Bonchev–Trinajstić information content (AvgIpc) is 2.66. The van der Waals surface area contributed by atoms with Crippen LogP contribution in [0.2, 0.25) is 0 Å². The number of carbonyl (C=O) groups excluding carboxylic acids is 1. The Hall–Kier alpha value is -2.19. The van der Waals surface area contributed by atoms with E-state index in [2.05, 4.69) is 5.10 Å². The van der Waals surface area contributed by atoms with Crippen LogP contribution in [0.4, 0.5) is 9.18 Å². The Morgan fingerprint density at radius 1 is 1.57 bits per heavy atom. The molecule has 8 nitrogen and oxygen atoms in total. The van der Waals surface area contributed by atoms with Gasteiger partial charge in [0.05, 0.1) is 25.5 Å². The number of nitrogens with zero attached hydrogens (tertiary/aromatic N) is 4. The third-order valence-electron chi connectivity index (χ3n) is 3.08. The molecule has 2 heterocycles. The molecule has 1 aliphatic heterocycles. The molecule has 0 spiro atoms. The van der Waals surface area contributed by atoms with E-state index in [0.717, 1.165) is 12.4 Å². The molecule has 0 aliphatic carbocycles. The van der Waals surface area contributed by atoms with Gasteiger partial charge in [-0.1, -0.05) is 0 Å². The number of halogens is 1. The Labute approximate surface area is 120 Å². The minimum absolute atomic E-state index is 0.0595. The second-order valence-corrected chi connectivity index (χ2v) is 6.15. The van der Waals surface area contributed by atoms with E-state index in [0.29, 0.717) is 0 Å². The molecule has 1 aliphatic rings. The van der Waals surface area contributed by atoms with Crippen LogP contribution in [-0.2, 0) is 10.3 Å². The lowest BCUT2D eigenvalue weighted by Crippen LogP contribution is -2.67. The number of nitro groups is 1. The minimum Gasteiger partial charge on any atom is -0.444 e. The van der Waals surface area contributed by atoms with Gasteiger partial charge in [-0.05, 0) is 20.8 Å². The molecule has 2 rings (SSSR count). The highest BCUT2D eigenvalue weighted by Gasteiger charge is 2.52. The first-order chi connectivity index (χ1) is 9.61. The molecule has 1 fully saturated rings. The Morgan fingerprint density at radius 3 is 2.62 bits per heavy atom. The SMILES string of the molecule is CC(C)(C)OC(=O)N1CC(C[N+](=O)[O-])(n2cc(F)cn2)C1. The average molecular weight is 300 g/mol. The summed E-state index contributed by atoms with van der Waals surface area (Å²) in [6.07, 6.45) is 1.53. The summed E-state index contributed by atoms with van der Waals surface area (Å²) in [6.45, 7) is 4.88. The molecule has 1 saturated heterocycles. The van der Waals surface area contributed by atoms with Crippen molar-refractivity contribution < 1.29 is 18.8 Å². The highest BCUT2D eigenvalue weighted by atomic mass is 19.1. The van der Waals surface area contributed by atoms with E-state index in [1.807, 2.05) is 0 Å². The highest BCUT2D eigenvalue weighted by Crippen LogP contribution is 2.30. The number of rotatable bonds is 3. The van der Waals surface area contributed by atoms with Gasteiger partial charge in [0, 0.05) is 4.92 Å². The summed E-state index contributed by atoms with van der Waals surface area (Å²) in [5.74, 6) is -0.576. The van der Waals surface area contributed by atoms with Gasteiger partial charge >= 0.3 is 6.09 Å². The fourth-order valence-electron chi connectivity index (χ4n) is 2.24. The van der Waals surface area contributed by atoms with Gasteiger partial charge in [0.25, 0.3) is 0 Å². The van der Waals surface area contributed by atoms with Crippen molar-refractivity contribution in [2.45, 2.75) is 31.9 Å². The lowest BCUT2D eigenvalue weighted by atomic mass is 9.90. The third-order valence-corrected chi connectivity index (χ3v) is 3.08. The van der Waals surface area contributed by atoms with Crippen molar-refractivity contribution in [3.63, 3.8) is 0 Å². The predicted octanol–water partition coefficient (Wildman–Crippen LogP) is 1.24. The Bertz CT molecular complexity index is 560. The molecule has 0 saturated carbocycles. The van der Waals surface area contributed by atoms with Crippen molar-refractivity contribution in [3.8, 4) is 0 Å². The Kier molecular flexibility index (Phi) is 3.60. The van der Waals surface area contributed by atoms with E-state index in [1.54, 1.807) is 20.8 Å². The molecule has 0 unspecified atom stereocenters. The van der Waals surface area contributed by atoms with Gasteiger partial charge < -0.3 is 9.64 Å². The van der Waals surface area contributed by atoms with Crippen LogP contribution in [0.5, 0.6) is 0 Å². The van der Waals surface area contributed by atoms with Crippen molar-refractivity contribution in [2.75, 3.05) is 19.6 Å². The van der Waals surface area contributed by atoms with Crippen LogP contribution < -0.4 is 0 Å². The Morgan fingerprint density at radius 2 is 2.19 bits per heavy atom. The number of hydrogen-bond donors (Lipinski definition) is 0. The summed E-state index contributed by atoms with van der Waals surface area (Å²) in [6, 6.07) is 0. The minimum atomic E-state index is -1.02. The van der Waals surface area contributed by atoms with Crippen LogP contribution in [0.1, 0.15) is 20.8 Å². The molecule has 9 heteroatoms. The largest absolute Gasteiger partial charge is 0.444 e. The summed E-state index contributed by atoms with van der Waals surface area (Å²) in [4.78, 5) is 23.6. The van der Waals surface area contributed by atoms with Crippen LogP contribution in [0.3, 0.4) is 0 Å². The zero-order valence-electron chi connectivity index (χ0n) is 12.1. The van der Waals surface area contributed by atoms with Crippen molar-refractivity contribution in [2.24, 2.45) is 0 Å². The zero-order chi connectivity index (χ0) is 15.8. The molecule has 1 amide bonds. The molecule has 0 N–H and O–H groups in total. The van der Waals surface area contributed by atoms with Crippen LogP contribution in [0.25, 0.3) is 0 Å². The maximum absolute atomic E-state index is 13.1. The van der Waals surface area contributed by atoms with Crippen LogP contribution >= 0.6 is 0 Å². The van der Waals surface area contributed by atoms with Crippen LogP contribution in [-0.4, -0.2) is 50.9 Å². The smallest absolute Gasteiger partial charge is 0.410 e. The van der Waals surface area contributed by atoms with Gasteiger partial charge in [0.1, 0.15) is 5.60 Å². The summed E-state index contributed by atoms with van der Waals surface area (Å²) < 4.78 is 19.5. The van der Waals surface area contributed by atoms with Crippen molar-refractivity contribution >= 4 is 6.09 Å². The second-order valence-electron chi connectivity index (χ2n) is 6.15. The maximum atomic E-state index is 13.1. The standard InChI is InChI=1S/C12H17FN4O4/c1-11(2,3)21-10(18)15-6-12(7-15,8-17(19)20)16-5-9(13)4-14-16/h4-5H,6-8H2,1-3H3. The fourth-order valence-corrected chi connectivity index (χ4v) is 2.24. The summed E-state index contributed by atoms with van der Waals surface area (Å²) >= 11 is 0. The first-order valence-electron chi connectivity index (χ1n) is 6.42. The number of ether oxygens (including phenoxy) is 1. The second kappa shape index (κ2) is 4.97. The van der Waals surface area contributed by atoms with Gasteiger partial charge in [-0.3, -0.25) is 14.8 Å². The lowest BCUT2D eigenvalue weighted by Gasteiger charge is -2.47. The highest BCUT2D eigenvalue weighted by molar-refractivity contribution is 5.69. The normalized spacial score (nSPS) is 17.2. The van der Waals surface area contributed by atoms with Gasteiger partial charge in [-0.2, -0.15) is 5.10 Å². The van der Waals surface area contributed by atoms with Gasteiger partial charge in [0.15, 0.2) is 11.4 Å². The molecule has 0 radical (unpaired) electrons. The number of hydrogen-bond acceptors (Lipinski definition) is 5. The number of likely N-dealkylation sites (tertiary alicyclic amines) is 1. The first kappa shape index (κ1) is 15.2. The van der Waals surface area contributed by atoms with E-state index >= 15 is 0 Å². The molecule has 1 aromatic rings. The summed E-state index contributed by atoms with van der Waals surface area (Å²) in [7, 11) is 0. The van der Waals surface area contributed by atoms with E-state index in [-0.39, 0.29) is 13.1 Å². The first-order valence-corrected chi connectivity index (χ1v) is 6.42. The lowest BCUT2D eigenvalue weighted by molar-refractivity contribution is -0.499. The predicted molar refractivity (Wildman–Crippen MR) is 69.8 cm³/mol. The van der Waals surface area contributed by atoms with E-state index in [1.165, 1.54) is 9.58 Å². The molecule has 0 bridgehead atoms. The van der Waals surface area contributed by atoms with Crippen LogP contribution in [0.15, 0.2) is 12.4 Å². The number of carbonyl (C=O) groups is 1. The van der Waals surface area contributed by atoms with Crippen molar-refractivity contribution in [1.82, 2.24) is 14.7 Å². The molecular weight excluding hydrogens is 283 g/mol. The van der Waals surface area contributed by atoms with Gasteiger partial charge in [0.2, 0.25) is 6.54 Å². The van der Waals surface area contributed by atoms with E-state index < -0.39 is 34.5 Å². The van der Waals surface area contributed by atoms with Crippen LogP contribution in [0, 0.1) is 15.9 Å². The van der Waals surface area contributed by atoms with E-state index in [4.69, 9.17) is 4.74 Å². The molecule has 21 heavy (non-hydrogen) atoms.